The highest BCUT2D eigenvalue weighted by Gasteiger charge is 2.32. The molecule has 2 aliphatic heterocycles. The Morgan fingerprint density at radius 2 is 1.73 bits per heavy atom. The Labute approximate surface area is 283 Å². The van der Waals surface area contributed by atoms with Crippen LogP contribution in [0, 0.1) is 0 Å². The minimum atomic E-state index is -4.61. The second-order valence-electron chi connectivity index (χ2n) is 12.5. The van der Waals surface area contributed by atoms with Crippen LogP contribution >= 0.6 is 11.6 Å². The fourth-order valence-corrected chi connectivity index (χ4v) is 5.88. The number of fused-ring (bicyclic) bond motifs is 2. The van der Waals surface area contributed by atoms with Crippen molar-refractivity contribution >= 4 is 40.8 Å². The Bertz CT molecular complexity index is 2000. The molecular weight excluding hydrogens is 671 g/mol. The van der Waals surface area contributed by atoms with E-state index in [1.165, 1.54) is 0 Å². The standard InChI is InChI=1S/C32H33ClF3N7O6/c1-5-22-26(40-10-12-41(13-11-40)30(46)49-31(2,3)4)28(45)43-29(38-27(39-43)18-6-9-23-24(14-18)48-17-47-23)42(22)16-25(44)37-21-8-7-19(15-20(21)33)32(34,35)36/h6-9,14-15H,5,10-13,16-17H2,1-4H3,(H,37,44). The summed E-state index contributed by atoms with van der Waals surface area (Å²) < 4.78 is 58.6. The summed E-state index contributed by atoms with van der Waals surface area (Å²) in [6.07, 6.45) is -4.77. The zero-order valence-electron chi connectivity index (χ0n) is 27.1. The number of carbonyl (C=O) groups is 2. The molecule has 17 heteroatoms. The van der Waals surface area contributed by atoms with Crippen LogP contribution in [0.15, 0.2) is 41.2 Å². The molecule has 0 radical (unpaired) electrons. The van der Waals surface area contributed by atoms with E-state index in [4.69, 9.17) is 25.8 Å². The van der Waals surface area contributed by atoms with Crippen LogP contribution in [0.1, 0.15) is 39.0 Å². The highest BCUT2D eigenvalue weighted by molar-refractivity contribution is 6.33. The molecule has 2 aromatic heterocycles. The number of aromatic nitrogens is 4. The molecule has 49 heavy (non-hydrogen) atoms. The molecule has 2 aliphatic rings. The van der Waals surface area contributed by atoms with E-state index in [-0.39, 0.29) is 54.4 Å². The van der Waals surface area contributed by atoms with Gasteiger partial charge in [0.15, 0.2) is 17.3 Å². The number of amides is 2. The van der Waals surface area contributed by atoms with E-state index in [0.29, 0.717) is 42.3 Å². The average Bonchev–Trinajstić information content (AvgIpc) is 3.70. The molecule has 2 aromatic carbocycles. The maximum absolute atomic E-state index is 14.2. The van der Waals surface area contributed by atoms with Gasteiger partial charge in [-0.3, -0.25) is 9.59 Å². The Hall–Kier alpha value is -4.99. The van der Waals surface area contributed by atoms with Crippen LogP contribution in [-0.2, 0) is 28.7 Å². The lowest BCUT2D eigenvalue weighted by Gasteiger charge is -2.37. The number of nitrogens with zero attached hydrogens (tertiary/aromatic N) is 6. The number of carbonyl (C=O) groups excluding carboxylic acids is 2. The van der Waals surface area contributed by atoms with Crippen LogP contribution in [0.3, 0.4) is 0 Å². The zero-order valence-corrected chi connectivity index (χ0v) is 27.8. The second-order valence-corrected chi connectivity index (χ2v) is 12.9. The Balaban J connectivity index is 1.38. The largest absolute Gasteiger partial charge is 0.454 e. The average molecular weight is 704 g/mol. The number of rotatable bonds is 6. The summed E-state index contributed by atoms with van der Waals surface area (Å²) in [7, 11) is 0. The van der Waals surface area contributed by atoms with E-state index in [1.807, 2.05) is 11.8 Å². The zero-order chi connectivity index (χ0) is 35.2. The topological polar surface area (TPSA) is 133 Å². The van der Waals surface area contributed by atoms with E-state index >= 15 is 0 Å². The molecule has 0 aliphatic carbocycles. The maximum Gasteiger partial charge on any atom is 0.416 e. The fourth-order valence-electron chi connectivity index (χ4n) is 5.65. The number of nitrogens with one attached hydrogen (secondary N) is 1. The highest BCUT2D eigenvalue weighted by atomic mass is 35.5. The molecule has 2 amide bonds. The summed E-state index contributed by atoms with van der Waals surface area (Å²) >= 11 is 6.11. The van der Waals surface area contributed by atoms with Crippen molar-refractivity contribution in [2.45, 2.75) is 52.4 Å². The first-order valence-corrected chi connectivity index (χ1v) is 15.8. The van der Waals surface area contributed by atoms with Gasteiger partial charge in [0.25, 0.3) is 5.56 Å². The predicted octanol–water partition coefficient (Wildman–Crippen LogP) is 5.22. The van der Waals surface area contributed by atoms with Gasteiger partial charge in [-0.15, -0.1) is 5.10 Å². The normalized spacial score (nSPS) is 14.8. The monoisotopic (exact) mass is 703 g/mol. The van der Waals surface area contributed by atoms with Crippen LogP contribution in [0.25, 0.3) is 17.2 Å². The summed E-state index contributed by atoms with van der Waals surface area (Å²) in [5.74, 6) is 0.655. The Kier molecular flexibility index (Phi) is 8.85. The van der Waals surface area contributed by atoms with Crippen molar-refractivity contribution in [2.24, 2.45) is 0 Å². The van der Waals surface area contributed by atoms with Crippen molar-refractivity contribution in [2.75, 3.05) is 43.2 Å². The number of hydrogen-bond acceptors (Lipinski definition) is 9. The summed E-state index contributed by atoms with van der Waals surface area (Å²) in [6, 6.07) is 7.73. The summed E-state index contributed by atoms with van der Waals surface area (Å²) in [4.78, 5) is 48.4. The molecular formula is C32H33ClF3N7O6. The van der Waals surface area contributed by atoms with E-state index in [0.717, 1.165) is 22.7 Å². The molecule has 0 unspecified atom stereocenters. The minimum absolute atomic E-state index is 0.0178. The van der Waals surface area contributed by atoms with Crippen molar-refractivity contribution in [3.63, 3.8) is 0 Å². The second kappa shape index (κ2) is 12.8. The molecule has 4 aromatic rings. The van der Waals surface area contributed by atoms with Crippen LogP contribution in [0.2, 0.25) is 5.02 Å². The molecule has 1 saturated heterocycles. The van der Waals surface area contributed by atoms with Crippen LogP contribution in [0.5, 0.6) is 11.5 Å². The van der Waals surface area contributed by atoms with Crippen LogP contribution in [0.4, 0.5) is 29.3 Å². The molecule has 1 fully saturated rings. The maximum atomic E-state index is 14.2. The van der Waals surface area contributed by atoms with Crippen LogP contribution < -0.4 is 25.2 Å². The lowest BCUT2D eigenvalue weighted by molar-refractivity contribution is -0.137. The number of halogens is 4. The summed E-state index contributed by atoms with van der Waals surface area (Å²) in [5.41, 5.74) is -0.832. The number of benzene rings is 2. The molecule has 6 rings (SSSR count). The first-order chi connectivity index (χ1) is 23.1. The minimum Gasteiger partial charge on any atom is -0.454 e. The van der Waals surface area contributed by atoms with Gasteiger partial charge in [-0.1, -0.05) is 18.5 Å². The first-order valence-electron chi connectivity index (χ1n) is 15.4. The fraction of sp³-hybridized carbons (Fsp3) is 0.406. The molecule has 4 heterocycles. The summed E-state index contributed by atoms with van der Waals surface area (Å²) in [5, 5.41) is 6.81. The van der Waals surface area contributed by atoms with Gasteiger partial charge in [-0.25, -0.2) is 4.79 Å². The summed E-state index contributed by atoms with van der Waals surface area (Å²) in [6.45, 7) is 8.00. The number of hydrogen-bond donors (Lipinski definition) is 1. The van der Waals surface area contributed by atoms with Gasteiger partial charge >= 0.3 is 12.3 Å². The first kappa shape index (κ1) is 33.9. The predicted molar refractivity (Wildman–Crippen MR) is 173 cm³/mol. The van der Waals surface area contributed by atoms with Crippen molar-refractivity contribution in [3.8, 4) is 22.9 Å². The van der Waals surface area contributed by atoms with Crippen LogP contribution in [-0.4, -0.2) is 74.6 Å². The van der Waals surface area contributed by atoms with Crippen molar-refractivity contribution in [3.05, 3.63) is 63.0 Å². The Morgan fingerprint density at radius 1 is 1.02 bits per heavy atom. The molecule has 0 saturated carbocycles. The smallest absolute Gasteiger partial charge is 0.416 e. The SMILES string of the molecule is CCc1c(N2CCN(C(=O)OC(C)(C)C)CC2)c(=O)n2nc(-c3ccc4c(c3)OCO4)nc2n1CC(=O)Nc1ccc(C(F)(F)F)cc1Cl. The highest BCUT2D eigenvalue weighted by Crippen LogP contribution is 2.36. The van der Waals surface area contributed by atoms with Gasteiger partial charge < -0.3 is 33.9 Å². The van der Waals surface area contributed by atoms with Crippen molar-refractivity contribution in [1.82, 2.24) is 24.1 Å². The number of anilines is 2. The van der Waals surface area contributed by atoms with E-state index in [1.54, 1.807) is 48.4 Å². The quantitative estimate of drug-likeness (QED) is 0.287. The number of ether oxygens (including phenoxy) is 3. The van der Waals surface area contributed by atoms with Gasteiger partial charge in [0.1, 0.15) is 17.8 Å². The molecule has 0 bridgehead atoms. The molecule has 1 N–H and O–H groups in total. The lowest BCUT2D eigenvalue weighted by atomic mass is 10.2. The molecule has 13 nitrogen and oxygen atoms in total. The van der Waals surface area contributed by atoms with Crippen molar-refractivity contribution < 1.29 is 37.0 Å². The van der Waals surface area contributed by atoms with E-state index < -0.39 is 34.9 Å². The van der Waals surface area contributed by atoms with Gasteiger partial charge in [0.05, 0.1) is 22.0 Å². The third kappa shape index (κ3) is 6.95. The molecule has 0 atom stereocenters. The molecule has 0 spiro atoms. The van der Waals surface area contributed by atoms with Gasteiger partial charge in [0.2, 0.25) is 18.5 Å². The van der Waals surface area contributed by atoms with Gasteiger partial charge in [-0.05, 0) is 63.6 Å². The Morgan fingerprint density at radius 3 is 2.39 bits per heavy atom. The third-order valence-corrected chi connectivity index (χ3v) is 8.22. The number of alkyl halides is 3. The van der Waals surface area contributed by atoms with Gasteiger partial charge in [-0.2, -0.15) is 22.7 Å². The number of piperazine rings is 1. The van der Waals surface area contributed by atoms with E-state index in [2.05, 4.69) is 15.4 Å². The van der Waals surface area contributed by atoms with E-state index in [9.17, 15) is 27.6 Å². The molecule has 260 valence electrons. The lowest BCUT2D eigenvalue weighted by Crippen LogP contribution is -2.51. The van der Waals surface area contributed by atoms with Gasteiger partial charge in [0, 0.05) is 31.7 Å². The third-order valence-electron chi connectivity index (χ3n) is 7.91. The van der Waals surface area contributed by atoms with Crippen molar-refractivity contribution in [1.29, 1.82) is 0 Å².